The molecule has 5 nitrogen and oxygen atoms in total. The van der Waals surface area contributed by atoms with Gasteiger partial charge in [-0.3, -0.25) is 4.18 Å². The monoisotopic (exact) mass is 244 g/mol. The SMILES string of the molecule is NS(=O)(=O)OCc1c[nH]c2cccc(F)c12. The molecule has 0 unspecified atom stereocenters. The van der Waals surface area contributed by atoms with Gasteiger partial charge in [0.15, 0.2) is 0 Å². The van der Waals surface area contributed by atoms with E-state index in [1.54, 1.807) is 12.1 Å². The van der Waals surface area contributed by atoms with Crippen molar-refractivity contribution < 1.29 is 17.0 Å². The van der Waals surface area contributed by atoms with E-state index in [0.29, 0.717) is 16.5 Å². The molecule has 1 aromatic carbocycles. The van der Waals surface area contributed by atoms with Gasteiger partial charge in [-0.1, -0.05) is 6.07 Å². The number of aromatic nitrogens is 1. The summed E-state index contributed by atoms with van der Waals surface area (Å²) in [5.41, 5.74) is 0.982. The van der Waals surface area contributed by atoms with Gasteiger partial charge in [0.2, 0.25) is 0 Å². The van der Waals surface area contributed by atoms with Crippen LogP contribution < -0.4 is 5.14 Å². The molecule has 0 amide bonds. The first-order valence-electron chi connectivity index (χ1n) is 4.39. The molecule has 0 spiro atoms. The third-order valence-corrected chi connectivity index (χ3v) is 2.56. The van der Waals surface area contributed by atoms with Crippen LogP contribution in [0.3, 0.4) is 0 Å². The minimum absolute atomic E-state index is 0.292. The van der Waals surface area contributed by atoms with E-state index in [2.05, 4.69) is 14.3 Å². The Morgan fingerprint density at radius 2 is 2.19 bits per heavy atom. The molecule has 0 radical (unpaired) electrons. The average Bonchev–Trinajstić information content (AvgIpc) is 2.58. The highest BCUT2D eigenvalue weighted by Gasteiger charge is 2.11. The summed E-state index contributed by atoms with van der Waals surface area (Å²) in [6, 6.07) is 4.52. The lowest BCUT2D eigenvalue weighted by Gasteiger charge is -2.00. The van der Waals surface area contributed by atoms with Gasteiger partial charge in [-0.25, -0.2) is 9.53 Å². The van der Waals surface area contributed by atoms with Crippen LogP contribution in [0.25, 0.3) is 10.9 Å². The third-order valence-electron chi connectivity index (χ3n) is 2.12. The number of hydrogen-bond donors (Lipinski definition) is 2. The van der Waals surface area contributed by atoms with Crippen LogP contribution in [0.1, 0.15) is 5.56 Å². The quantitative estimate of drug-likeness (QED) is 0.845. The Morgan fingerprint density at radius 1 is 1.44 bits per heavy atom. The molecule has 0 fully saturated rings. The first-order chi connectivity index (χ1) is 7.47. The summed E-state index contributed by atoms with van der Waals surface area (Å²) in [6.07, 6.45) is 1.49. The van der Waals surface area contributed by atoms with Crippen molar-refractivity contribution >= 4 is 21.2 Å². The van der Waals surface area contributed by atoms with Crippen molar-refractivity contribution in [3.63, 3.8) is 0 Å². The van der Waals surface area contributed by atoms with E-state index in [-0.39, 0.29) is 6.61 Å². The lowest BCUT2D eigenvalue weighted by atomic mass is 10.2. The van der Waals surface area contributed by atoms with Crippen LogP contribution in [0.5, 0.6) is 0 Å². The van der Waals surface area contributed by atoms with Crippen molar-refractivity contribution in [3.8, 4) is 0 Å². The van der Waals surface area contributed by atoms with Gasteiger partial charge >= 0.3 is 10.3 Å². The number of benzene rings is 1. The van der Waals surface area contributed by atoms with Crippen LogP contribution in [-0.4, -0.2) is 13.4 Å². The van der Waals surface area contributed by atoms with E-state index in [1.165, 1.54) is 12.3 Å². The summed E-state index contributed by atoms with van der Waals surface area (Å²) in [6.45, 7) is -0.292. The Labute approximate surface area is 91.3 Å². The minimum Gasteiger partial charge on any atom is -0.361 e. The molecule has 7 heteroatoms. The summed E-state index contributed by atoms with van der Waals surface area (Å²) < 4.78 is 39.0. The molecule has 3 N–H and O–H groups in total. The van der Waals surface area contributed by atoms with Gasteiger partial charge in [-0.05, 0) is 12.1 Å². The molecule has 0 aliphatic heterocycles. The van der Waals surface area contributed by atoms with Crippen molar-refractivity contribution in [2.45, 2.75) is 6.61 Å². The molecule has 2 aromatic rings. The fourth-order valence-corrected chi connectivity index (χ4v) is 1.76. The van der Waals surface area contributed by atoms with Gasteiger partial charge in [0.05, 0.1) is 6.61 Å². The molecular formula is C9H9FN2O3S. The van der Waals surface area contributed by atoms with Crippen LogP contribution in [0.4, 0.5) is 4.39 Å². The second-order valence-electron chi connectivity index (χ2n) is 3.23. The van der Waals surface area contributed by atoms with Gasteiger partial charge < -0.3 is 4.98 Å². The fraction of sp³-hybridized carbons (Fsp3) is 0.111. The minimum atomic E-state index is -4.02. The number of fused-ring (bicyclic) bond motifs is 1. The highest BCUT2D eigenvalue weighted by molar-refractivity contribution is 7.84. The zero-order chi connectivity index (χ0) is 11.8. The molecule has 0 aliphatic rings. The smallest absolute Gasteiger partial charge is 0.333 e. The molecule has 1 aromatic heterocycles. The van der Waals surface area contributed by atoms with Crippen LogP contribution in [-0.2, 0) is 21.1 Å². The number of H-pyrrole nitrogens is 1. The van der Waals surface area contributed by atoms with Crippen LogP contribution in [0.2, 0.25) is 0 Å². The van der Waals surface area contributed by atoms with Crippen molar-refractivity contribution in [1.29, 1.82) is 0 Å². The molecule has 0 bridgehead atoms. The van der Waals surface area contributed by atoms with Gasteiger partial charge in [0, 0.05) is 22.7 Å². The van der Waals surface area contributed by atoms with Gasteiger partial charge in [0.1, 0.15) is 5.82 Å². The maximum absolute atomic E-state index is 13.4. The second kappa shape index (κ2) is 3.85. The molecular weight excluding hydrogens is 235 g/mol. The van der Waals surface area contributed by atoms with Gasteiger partial charge in [-0.15, -0.1) is 0 Å². The molecule has 16 heavy (non-hydrogen) atoms. The highest BCUT2D eigenvalue weighted by Crippen LogP contribution is 2.22. The Bertz CT molecular complexity index is 621. The Balaban J connectivity index is 2.39. The van der Waals surface area contributed by atoms with Crippen LogP contribution in [0, 0.1) is 5.82 Å². The molecule has 0 saturated carbocycles. The van der Waals surface area contributed by atoms with Crippen molar-refractivity contribution in [2.24, 2.45) is 5.14 Å². The zero-order valence-electron chi connectivity index (χ0n) is 8.10. The van der Waals surface area contributed by atoms with Gasteiger partial charge in [0.25, 0.3) is 0 Å². The predicted octanol–water partition coefficient (Wildman–Crippen LogP) is 1.03. The molecule has 0 atom stereocenters. The third kappa shape index (κ3) is 2.21. The Kier molecular flexibility index (Phi) is 2.66. The zero-order valence-corrected chi connectivity index (χ0v) is 8.92. The predicted molar refractivity (Wildman–Crippen MR) is 56.2 cm³/mol. The summed E-state index contributed by atoms with van der Waals surface area (Å²) in [4.78, 5) is 2.81. The van der Waals surface area contributed by atoms with Crippen molar-refractivity contribution in [3.05, 3.63) is 35.8 Å². The van der Waals surface area contributed by atoms with E-state index >= 15 is 0 Å². The number of halogens is 1. The maximum Gasteiger partial charge on any atom is 0.333 e. The number of nitrogens with one attached hydrogen (secondary N) is 1. The first-order valence-corrected chi connectivity index (χ1v) is 5.86. The van der Waals surface area contributed by atoms with E-state index in [9.17, 15) is 12.8 Å². The summed E-state index contributed by atoms with van der Waals surface area (Å²) in [5.74, 6) is -0.438. The van der Waals surface area contributed by atoms with E-state index in [4.69, 9.17) is 0 Å². The normalized spacial score (nSPS) is 12.1. The summed E-state index contributed by atoms with van der Waals surface area (Å²) >= 11 is 0. The molecule has 86 valence electrons. The Hall–Kier alpha value is -1.44. The lowest BCUT2D eigenvalue weighted by molar-refractivity contribution is 0.309. The fourth-order valence-electron chi connectivity index (χ4n) is 1.47. The van der Waals surface area contributed by atoms with Crippen LogP contribution >= 0.6 is 0 Å². The number of nitrogens with two attached hydrogens (primary N) is 1. The highest BCUT2D eigenvalue weighted by atomic mass is 32.2. The number of rotatable bonds is 3. The lowest BCUT2D eigenvalue weighted by Crippen LogP contribution is -2.15. The second-order valence-corrected chi connectivity index (χ2v) is 4.45. The van der Waals surface area contributed by atoms with E-state index in [1.807, 2.05) is 0 Å². The van der Waals surface area contributed by atoms with E-state index in [0.717, 1.165) is 0 Å². The maximum atomic E-state index is 13.4. The molecule has 0 saturated heterocycles. The van der Waals surface area contributed by atoms with Gasteiger partial charge in [-0.2, -0.15) is 8.42 Å². The molecule has 0 aliphatic carbocycles. The molecule has 2 rings (SSSR count). The van der Waals surface area contributed by atoms with Crippen molar-refractivity contribution in [2.75, 3.05) is 0 Å². The summed E-state index contributed by atoms with van der Waals surface area (Å²) in [7, 11) is -4.02. The van der Waals surface area contributed by atoms with Crippen LogP contribution in [0.15, 0.2) is 24.4 Å². The topological polar surface area (TPSA) is 85.2 Å². The average molecular weight is 244 g/mol. The first kappa shape index (κ1) is 11.1. The largest absolute Gasteiger partial charge is 0.361 e. The standard InChI is InChI=1S/C9H9FN2O3S/c10-7-2-1-3-8-9(7)6(4-12-8)5-15-16(11,13)14/h1-4,12H,5H2,(H2,11,13,14). The molecule has 1 heterocycles. The number of hydrogen-bond acceptors (Lipinski definition) is 3. The van der Waals surface area contributed by atoms with Crippen molar-refractivity contribution in [1.82, 2.24) is 4.98 Å². The number of aromatic amines is 1. The van der Waals surface area contributed by atoms with E-state index < -0.39 is 16.1 Å². The summed E-state index contributed by atoms with van der Waals surface area (Å²) in [5, 5.41) is 4.99. The Morgan fingerprint density at radius 3 is 2.88 bits per heavy atom.